The quantitative estimate of drug-likeness (QED) is 0.779. The lowest BCUT2D eigenvalue weighted by molar-refractivity contribution is -0.118. The van der Waals surface area contributed by atoms with Gasteiger partial charge in [0.15, 0.2) is 0 Å². The van der Waals surface area contributed by atoms with E-state index in [9.17, 15) is 4.79 Å². The predicted octanol–water partition coefficient (Wildman–Crippen LogP) is 1.65. The summed E-state index contributed by atoms with van der Waals surface area (Å²) in [7, 11) is 0. The van der Waals surface area contributed by atoms with Crippen LogP contribution < -0.4 is 5.32 Å². The van der Waals surface area contributed by atoms with Gasteiger partial charge in [-0.25, -0.2) is 0 Å². The van der Waals surface area contributed by atoms with Gasteiger partial charge in [0.25, 0.3) is 0 Å². The molecule has 77 valence electrons. The molecule has 1 aromatic heterocycles. The van der Waals surface area contributed by atoms with Gasteiger partial charge in [0, 0.05) is 30.6 Å². The molecule has 1 aromatic carbocycles. The first-order valence-corrected chi connectivity index (χ1v) is 4.98. The van der Waals surface area contributed by atoms with Gasteiger partial charge in [0.2, 0.25) is 5.91 Å². The van der Waals surface area contributed by atoms with Crippen LogP contribution in [0.25, 0.3) is 10.9 Å². The summed E-state index contributed by atoms with van der Waals surface area (Å²) in [6.45, 7) is 2.21. The molecule has 2 aromatic rings. The summed E-state index contributed by atoms with van der Waals surface area (Å²) in [6, 6.07) is 8.90. The number of aromatic amines is 1. The second-order valence-electron chi connectivity index (χ2n) is 3.52. The first kappa shape index (κ1) is 9.77. The average molecular weight is 201 g/mol. The topological polar surface area (TPSA) is 44.9 Å². The molecule has 1 heterocycles. The van der Waals surface area contributed by atoms with Crippen molar-refractivity contribution in [3.05, 3.63) is 36.0 Å². The van der Waals surface area contributed by atoms with Gasteiger partial charge in [0.1, 0.15) is 0 Å². The molecule has 0 aliphatic heterocycles. The summed E-state index contributed by atoms with van der Waals surface area (Å²) in [5.41, 5.74) is 2.34. The third-order valence-electron chi connectivity index (χ3n) is 2.38. The van der Waals surface area contributed by atoms with Crippen molar-refractivity contribution in [1.82, 2.24) is 10.3 Å². The molecule has 0 saturated carbocycles. The Morgan fingerprint density at radius 2 is 2.47 bits per heavy atom. The highest BCUT2D eigenvalue weighted by Crippen LogP contribution is 2.17. The Balaban J connectivity index is 2.11. The summed E-state index contributed by atoms with van der Waals surface area (Å²) in [5, 5.41) is 3.97. The number of benzene rings is 1. The first-order chi connectivity index (χ1) is 7.27. The van der Waals surface area contributed by atoms with Crippen LogP contribution in [0.15, 0.2) is 24.4 Å². The van der Waals surface area contributed by atoms with Crippen LogP contribution in [0.1, 0.15) is 12.5 Å². The monoisotopic (exact) mass is 201 g/mol. The fraction of sp³-hybridized carbons (Fsp3) is 0.250. The van der Waals surface area contributed by atoms with Gasteiger partial charge < -0.3 is 10.3 Å². The Bertz CT molecular complexity index is 473. The molecule has 0 aliphatic rings. The molecule has 1 amide bonds. The molecule has 0 bridgehead atoms. The van der Waals surface area contributed by atoms with Crippen molar-refractivity contribution in [1.29, 1.82) is 0 Å². The van der Waals surface area contributed by atoms with E-state index < -0.39 is 0 Å². The van der Waals surface area contributed by atoms with E-state index in [1.807, 2.05) is 24.4 Å². The van der Waals surface area contributed by atoms with Crippen molar-refractivity contribution in [2.45, 2.75) is 13.3 Å². The van der Waals surface area contributed by atoms with Gasteiger partial charge in [-0.05, 0) is 30.2 Å². The largest absolute Gasteiger partial charge is 0.361 e. The highest BCUT2D eigenvalue weighted by molar-refractivity contribution is 5.83. The van der Waals surface area contributed by atoms with Crippen LogP contribution in [-0.4, -0.2) is 17.4 Å². The van der Waals surface area contributed by atoms with Gasteiger partial charge >= 0.3 is 0 Å². The maximum Gasteiger partial charge on any atom is 0.216 e. The van der Waals surface area contributed by atoms with Crippen molar-refractivity contribution in [2.75, 3.05) is 6.54 Å². The molecular weight excluding hydrogens is 188 g/mol. The van der Waals surface area contributed by atoms with Gasteiger partial charge in [-0.2, -0.15) is 0 Å². The zero-order chi connectivity index (χ0) is 10.7. The summed E-state index contributed by atoms with van der Waals surface area (Å²) < 4.78 is 0. The normalized spacial score (nSPS) is 10.5. The number of rotatable bonds is 3. The summed E-state index contributed by atoms with van der Waals surface area (Å²) >= 11 is 0. The lowest BCUT2D eigenvalue weighted by Crippen LogP contribution is -2.22. The zero-order valence-electron chi connectivity index (χ0n) is 8.63. The van der Waals surface area contributed by atoms with Gasteiger partial charge in [-0.3, -0.25) is 4.79 Å². The van der Waals surface area contributed by atoms with Gasteiger partial charge in [-0.15, -0.1) is 0 Å². The second-order valence-corrected chi connectivity index (χ2v) is 3.52. The Hall–Kier alpha value is -1.77. The van der Waals surface area contributed by atoms with E-state index in [0.717, 1.165) is 11.9 Å². The van der Waals surface area contributed by atoms with Crippen molar-refractivity contribution < 1.29 is 4.79 Å². The van der Waals surface area contributed by atoms with E-state index in [0.29, 0.717) is 6.54 Å². The fourth-order valence-electron chi connectivity index (χ4n) is 1.64. The van der Waals surface area contributed by atoms with Crippen LogP contribution >= 0.6 is 0 Å². The van der Waals surface area contributed by atoms with Crippen molar-refractivity contribution >= 4 is 16.8 Å². The Kier molecular flexibility index (Phi) is 2.72. The molecule has 0 saturated heterocycles. The number of hydrogen-bond acceptors (Lipinski definition) is 1. The minimum Gasteiger partial charge on any atom is -0.361 e. The highest BCUT2D eigenvalue weighted by atomic mass is 16.1. The number of nitrogens with one attached hydrogen (secondary N) is 2. The number of fused-ring (bicyclic) bond motifs is 1. The third kappa shape index (κ3) is 2.18. The number of H-pyrrole nitrogens is 1. The molecule has 0 fully saturated rings. The number of carbonyl (C=O) groups is 1. The molecule has 15 heavy (non-hydrogen) atoms. The molecule has 3 nitrogen and oxygen atoms in total. The number of carbonyl (C=O) groups excluding carboxylic acids is 1. The lowest BCUT2D eigenvalue weighted by atomic mass is 10.1. The lowest BCUT2D eigenvalue weighted by Gasteiger charge is -2.00. The first-order valence-electron chi connectivity index (χ1n) is 4.98. The van der Waals surface area contributed by atoms with Crippen LogP contribution in [-0.2, 0) is 11.2 Å². The molecule has 0 atom stereocenters. The van der Waals surface area contributed by atoms with E-state index in [-0.39, 0.29) is 5.91 Å². The minimum atomic E-state index is 0.0152. The molecule has 0 aliphatic carbocycles. The van der Waals surface area contributed by atoms with Crippen LogP contribution in [0.5, 0.6) is 0 Å². The molecule has 0 unspecified atom stereocenters. The number of hydrogen-bond donors (Lipinski definition) is 2. The highest BCUT2D eigenvalue weighted by Gasteiger charge is 2.02. The summed E-state index contributed by atoms with van der Waals surface area (Å²) in [4.78, 5) is 13.9. The smallest absolute Gasteiger partial charge is 0.216 e. The van der Waals surface area contributed by atoms with E-state index in [2.05, 4.69) is 16.4 Å². The molecule has 1 radical (unpaired) electrons. The van der Waals surface area contributed by atoms with Crippen molar-refractivity contribution in [3.8, 4) is 0 Å². The van der Waals surface area contributed by atoms with Crippen LogP contribution in [0, 0.1) is 6.07 Å². The summed E-state index contributed by atoms with van der Waals surface area (Å²) in [5.74, 6) is 0.0152. The fourth-order valence-corrected chi connectivity index (χ4v) is 1.64. The van der Waals surface area contributed by atoms with Gasteiger partial charge in [0.05, 0.1) is 0 Å². The van der Waals surface area contributed by atoms with Crippen molar-refractivity contribution in [2.24, 2.45) is 0 Å². The van der Waals surface area contributed by atoms with E-state index in [4.69, 9.17) is 0 Å². The van der Waals surface area contributed by atoms with E-state index >= 15 is 0 Å². The maximum absolute atomic E-state index is 10.7. The minimum absolute atomic E-state index is 0.0152. The standard InChI is InChI=1S/C12H13N2O/c1-9(15)13-7-6-10-8-14-12-5-3-2-4-11(10)12/h3-5,8,14H,6-7H2,1H3,(H,13,15). The van der Waals surface area contributed by atoms with Crippen LogP contribution in [0.3, 0.4) is 0 Å². The SMILES string of the molecule is CC(=O)NCCc1c[nH]c2cc[c]cc12. The van der Waals surface area contributed by atoms with Gasteiger partial charge in [-0.1, -0.05) is 6.07 Å². The predicted molar refractivity (Wildman–Crippen MR) is 59.5 cm³/mol. The van der Waals surface area contributed by atoms with Crippen molar-refractivity contribution in [3.63, 3.8) is 0 Å². The molecular formula is C12H13N2O. The maximum atomic E-state index is 10.7. The molecule has 2 rings (SSSR count). The van der Waals surface area contributed by atoms with Crippen LogP contribution in [0.4, 0.5) is 0 Å². The second kappa shape index (κ2) is 4.17. The molecule has 2 N–H and O–H groups in total. The molecule has 3 heteroatoms. The third-order valence-corrected chi connectivity index (χ3v) is 2.38. The van der Waals surface area contributed by atoms with E-state index in [1.165, 1.54) is 17.9 Å². The Morgan fingerprint density at radius 3 is 3.27 bits per heavy atom. The Morgan fingerprint density at radius 1 is 1.60 bits per heavy atom. The molecule has 0 spiro atoms. The van der Waals surface area contributed by atoms with Crippen LogP contribution in [0.2, 0.25) is 0 Å². The van der Waals surface area contributed by atoms with E-state index in [1.54, 1.807) is 0 Å². The number of aromatic nitrogens is 1. The zero-order valence-corrected chi connectivity index (χ0v) is 8.63. The number of amides is 1. The average Bonchev–Trinajstić information content (AvgIpc) is 2.62. The Labute approximate surface area is 88.5 Å². The summed E-state index contributed by atoms with van der Waals surface area (Å²) in [6.07, 6.45) is 2.83.